The van der Waals surface area contributed by atoms with E-state index in [1.54, 1.807) is 0 Å². The summed E-state index contributed by atoms with van der Waals surface area (Å²) in [4.78, 5) is 33.6. The van der Waals surface area contributed by atoms with Crippen LogP contribution in [0.5, 0.6) is 0 Å². The van der Waals surface area contributed by atoms with E-state index in [-0.39, 0.29) is 6.42 Å². The molecule has 0 aromatic heterocycles. The van der Waals surface area contributed by atoms with Crippen LogP contribution in [0.3, 0.4) is 0 Å². The average Bonchev–Trinajstić information content (AvgIpc) is 2.16. The Hall–Kier alpha value is -1.79. The molecule has 1 unspecified atom stereocenters. The van der Waals surface area contributed by atoms with E-state index in [1.807, 2.05) is 0 Å². The Labute approximate surface area is 93.6 Å². The molecule has 0 aromatic rings. The van der Waals surface area contributed by atoms with E-state index in [1.165, 1.54) is 18.9 Å². The summed E-state index contributed by atoms with van der Waals surface area (Å²) in [6.07, 6.45) is 0.368. The highest BCUT2D eigenvalue weighted by Gasteiger charge is 2.15. The van der Waals surface area contributed by atoms with Gasteiger partial charge in [0.05, 0.1) is 0 Å². The Kier molecular flexibility index (Phi) is 5.91. The maximum atomic E-state index is 11.4. The highest BCUT2D eigenvalue weighted by molar-refractivity contribution is 5.85. The second-order valence-electron chi connectivity index (χ2n) is 3.49. The van der Waals surface area contributed by atoms with E-state index < -0.39 is 23.9 Å². The summed E-state index contributed by atoms with van der Waals surface area (Å²) < 4.78 is 0. The molecule has 7 nitrogen and oxygen atoms in total. The highest BCUT2D eigenvalue weighted by atomic mass is 16.4. The van der Waals surface area contributed by atoms with Gasteiger partial charge in [-0.05, 0) is 13.3 Å². The predicted octanol–water partition coefficient (Wildman–Crippen LogP) is -0.634. The van der Waals surface area contributed by atoms with Gasteiger partial charge in [-0.2, -0.15) is 0 Å². The van der Waals surface area contributed by atoms with Crippen molar-refractivity contribution in [2.45, 2.75) is 25.8 Å². The Bertz CT molecular complexity index is 280. The summed E-state index contributed by atoms with van der Waals surface area (Å²) in [7, 11) is 1.52. The van der Waals surface area contributed by atoms with Crippen molar-refractivity contribution in [2.24, 2.45) is 5.73 Å². The van der Waals surface area contributed by atoms with Crippen LogP contribution in [-0.4, -0.2) is 47.5 Å². The second kappa shape index (κ2) is 6.65. The topological polar surface area (TPSA) is 113 Å². The lowest BCUT2D eigenvalue weighted by Crippen LogP contribution is -2.47. The van der Waals surface area contributed by atoms with Crippen LogP contribution in [0.15, 0.2) is 0 Å². The minimum atomic E-state index is -0.903. The minimum Gasteiger partial charge on any atom is -0.481 e. The second-order valence-corrected chi connectivity index (χ2v) is 3.49. The van der Waals surface area contributed by atoms with Gasteiger partial charge >= 0.3 is 12.0 Å². The van der Waals surface area contributed by atoms with Gasteiger partial charge in [0.2, 0.25) is 5.91 Å². The normalized spacial score (nSPS) is 11.6. The number of hydrogen-bond donors (Lipinski definition) is 3. The van der Waals surface area contributed by atoms with E-state index in [0.717, 1.165) is 0 Å². The molecule has 16 heavy (non-hydrogen) atoms. The van der Waals surface area contributed by atoms with Gasteiger partial charge in [-0.1, -0.05) is 0 Å². The van der Waals surface area contributed by atoms with E-state index in [2.05, 4.69) is 5.32 Å². The number of nitrogens with one attached hydrogen (secondary N) is 1. The zero-order valence-corrected chi connectivity index (χ0v) is 9.40. The van der Waals surface area contributed by atoms with Crippen molar-refractivity contribution in [3.63, 3.8) is 0 Å². The molecule has 0 aliphatic carbocycles. The molecule has 3 amide bonds. The first-order valence-electron chi connectivity index (χ1n) is 4.87. The van der Waals surface area contributed by atoms with Gasteiger partial charge in [-0.25, -0.2) is 4.79 Å². The molecule has 7 heteroatoms. The SMILES string of the molecule is CC(NC(=O)N(C)CCCC(=O)O)C(N)=O. The third-order valence-electron chi connectivity index (χ3n) is 2.00. The molecule has 0 saturated heterocycles. The van der Waals surface area contributed by atoms with Gasteiger partial charge < -0.3 is 21.1 Å². The number of carbonyl (C=O) groups excluding carboxylic acids is 2. The maximum absolute atomic E-state index is 11.4. The molecule has 1 atom stereocenters. The Morgan fingerprint density at radius 2 is 2.00 bits per heavy atom. The first-order chi connectivity index (χ1) is 7.34. The number of primary amides is 1. The third-order valence-corrected chi connectivity index (χ3v) is 2.00. The third kappa shape index (κ3) is 5.84. The van der Waals surface area contributed by atoms with Crippen molar-refractivity contribution in [1.29, 1.82) is 0 Å². The monoisotopic (exact) mass is 231 g/mol. The quantitative estimate of drug-likeness (QED) is 0.564. The first-order valence-corrected chi connectivity index (χ1v) is 4.87. The molecule has 0 fully saturated rings. The number of nitrogens with zero attached hydrogens (tertiary/aromatic N) is 1. The molecule has 0 spiro atoms. The zero-order chi connectivity index (χ0) is 12.7. The zero-order valence-electron chi connectivity index (χ0n) is 9.40. The molecule has 92 valence electrons. The van der Waals surface area contributed by atoms with Crippen LogP contribution < -0.4 is 11.1 Å². The number of carboxylic acids is 1. The van der Waals surface area contributed by atoms with Crippen LogP contribution in [0.1, 0.15) is 19.8 Å². The van der Waals surface area contributed by atoms with Crippen LogP contribution in [-0.2, 0) is 9.59 Å². The Morgan fingerprint density at radius 3 is 2.44 bits per heavy atom. The van der Waals surface area contributed by atoms with Gasteiger partial charge in [0.25, 0.3) is 0 Å². The molecule has 0 heterocycles. The number of amides is 3. The van der Waals surface area contributed by atoms with Crippen LogP contribution in [0.25, 0.3) is 0 Å². The molecule has 4 N–H and O–H groups in total. The van der Waals surface area contributed by atoms with Crippen molar-refractivity contribution in [3.8, 4) is 0 Å². The summed E-state index contributed by atoms with van der Waals surface area (Å²) >= 11 is 0. The fourth-order valence-corrected chi connectivity index (χ4v) is 0.936. The summed E-state index contributed by atoms with van der Waals surface area (Å²) in [6.45, 7) is 1.79. The lowest BCUT2D eigenvalue weighted by molar-refractivity contribution is -0.137. The van der Waals surface area contributed by atoms with Gasteiger partial charge in [-0.3, -0.25) is 9.59 Å². The lowest BCUT2D eigenvalue weighted by Gasteiger charge is -2.19. The van der Waals surface area contributed by atoms with Crippen molar-refractivity contribution in [3.05, 3.63) is 0 Å². The summed E-state index contributed by atoms with van der Waals surface area (Å²) in [5.74, 6) is -1.52. The van der Waals surface area contributed by atoms with E-state index in [4.69, 9.17) is 10.8 Å². The number of nitrogens with two attached hydrogens (primary N) is 1. The van der Waals surface area contributed by atoms with E-state index >= 15 is 0 Å². The maximum Gasteiger partial charge on any atom is 0.317 e. The fourth-order valence-electron chi connectivity index (χ4n) is 0.936. The number of aliphatic carboxylic acids is 1. The standard InChI is InChI=1S/C9H17N3O4/c1-6(8(10)15)11-9(16)12(2)5-3-4-7(13)14/h6H,3-5H2,1-2H3,(H2,10,15)(H,11,16)(H,13,14). The molecular weight excluding hydrogens is 214 g/mol. The lowest BCUT2D eigenvalue weighted by atomic mass is 10.3. The molecule has 0 saturated carbocycles. The average molecular weight is 231 g/mol. The highest BCUT2D eigenvalue weighted by Crippen LogP contribution is 1.94. The molecule has 0 radical (unpaired) electrons. The van der Waals surface area contributed by atoms with Crippen LogP contribution in [0, 0.1) is 0 Å². The number of carboxylic acid groups (broad SMARTS) is 1. The van der Waals surface area contributed by atoms with Gasteiger partial charge in [-0.15, -0.1) is 0 Å². The van der Waals surface area contributed by atoms with E-state index in [9.17, 15) is 14.4 Å². The molecular formula is C9H17N3O4. The van der Waals surface area contributed by atoms with Crippen LogP contribution >= 0.6 is 0 Å². The number of carbonyl (C=O) groups is 3. The predicted molar refractivity (Wildman–Crippen MR) is 56.7 cm³/mol. The van der Waals surface area contributed by atoms with Gasteiger partial charge in [0.1, 0.15) is 6.04 Å². The smallest absolute Gasteiger partial charge is 0.317 e. The first kappa shape index (κ1) is 14.2. The summed E-state index contributed by atoms with van der Waals surface area (Å²) in [5.41, 5.74) is 4.97. The summed E-state index contributed by atoms with van der Waals surface area (Å²) in [6, 6.07) is -1.19. The van der Waals surface area contributed by atoms with Gasteiger partial charge in [0.15, 0.2) is 0 Å². The van der Waals surface area contributed by atoms with Crippen molar-refractivity contribution >= 4 is 17.9 Å². The molecule has 0 rings (SSSR count). The Morgan fingerprint density at radius 1 is 1.44 bits per heavy atom. The largest absolute Gasteiger partial charge is 0.481 e. The number of urea groups is 1. The fraction of sp³-hybridized carbons (Fsp3) is 0.667. The minimum absolute atomic E-state index is 0.00297. The van der Waals surface area contributed by atoms with Crippen LogP contribution in [0.2, 0.25) is 0 Å². The van der Waals surface area contributed by atoms with Gasteiger partial charge in [0, 0.05) is 20.0 Å². The molecule has 0 bridgehead atoms. The Balaban J connectivity index is 3.90. The van der Waals surface area contributed by atoms with Crippen molar-refractivity contribution in [1.82, 2.24) is 10.2 Å². The molecule has 0 aliphatic rings. The van der Waals surface area contributed by atoms with Crippen molar-refractivity contribution < 1.29 is 19.5 Å². The van der Waals surface area contributed by atoms with Crippen molar-refractivity contribution in [2.75, 3.05) is 13.6 Å². The molecule has 0 aliphatic heterocycles. The van der Waals surface area contributed by atoms with Crippen LogP contribution in [0.4, 0.5) is 4.79 Å². The molecule has 0 aromatic carbocycles. The number of rotatable bonds is 6. The summed E-state index contributed by atoms with van der Waals surface area (Å²) in [5, 5.41) is 10.8. The number of hydrogen-bond acceptors (Lipinski definition) is 3. The van der Waals surface area contributed by atoms with E-state index in [0.29, 0.717) is 13.0 Å².